The Morgan fingerprint density at radius 2 is 1.96 bits per heavy atom. The van der Waals surface area contributed by atoms with E-state index in [-0.39, 0.29) is 12.3 Å². The van der Waals surface area contributed by atoms with Gasteiger partial charge in [0.1, 0.15) is 0 Å². The maximum absolute atomic E-state index is 12.2. The molecule has 0 aliphatic heterocycles. The Morgan fingerprint density at radius 1 is 1.08 bits per heavy atom. The van der Waals surface area contributed by atoms with Gasteiger partial charge in [0.15, 0.2) is 0 Å². The summed E-state index contributed by atoms with van der Waals surface area (Å²) in [6.07, 6.45) is 1.69. The van der Waals surface area contributed by atoms with Crippen LogP contribution in [0.5, 0.6) is 0 Å². The van der Waals surface area contributed by atoms with Crippen LogP contribution in [0.2, 0.25) is 5.02 Å². The summed E-state index contributed by atoms with van der Waals surface area (Å²) in [7, 11) is -3.44. The second-order valence-corrected chi connectivity index (χ2v) is 8.43. The summed E-state index contributed by atoms with van der Waals surface area (Å²) in [5.74, 6) is -0.101. The molecule has 3 aromatic rings. The lowest BCUT2D eigenvalue weighted by Gasteiger charge is -2.08. The average molecular weight is 379 g/mol. The Balaban J connectivity index is 1.67. The van der Waals surface area contributed by atoms with E-state index in [1.54, 1.807) is 47.9 Å². The molecule has 0 atom stereocenters. The van der Waals surface area contributed by atoms with Crippen LogP contribution in [0.15, 0.2) is 60.1 Å². The highest BCUT2D eigenvalue weighted by molar-refractivity contribution is 7.88. The molecule has 1 aromatic carbocycles. The van der Waals surface area contributed by atoms with Crippen molar-refractivity contribution >= 4 is 33.0 Å². The number of nitrogens with one attached hydrogen (secondary N) is 1. The van der Waals surface area contributed by atoms with Crippen LogP contribution in [-0.2, 0) is 22.3 Å². The number of rotatable bonds is 6. The van der Waals surface area contributed by atoms with E-state index in [9.17, 15) is 8.42 Å². The fourth-order valence-corrected chi connectivity index (χ4v) is 4.25. The van der Waals surface area contributed by atoms with E-state index in [0.29, 0.717) is 10.6 Å². The first-order valence-corrected chi connectivity index (χ1v) is 10.1. The molecule has 2 heterocycles. The standard InChI is InChI=1S/C17H15ClN2O2S2/c18-15-4-1-3-14(9-15)12-24(21,22)20-11-13-6-7-19-16(10-13)17-5-2-8-23-17/h1-10,20H,11-12H2. The minimum absolute atomic E-state index is 0.101. The summed E-state index contributed by atoms with van der Waals surface area (Å²) >= 11 is 7.49. The molecule has 3 rings (SSSR count). The molecular weight excluding hydrogens is 364 g/mol. The number of halogens is 1. The monoisotopic (exact) mass is 378 g/mol. The first-order chi connectivity index (χ1) is 11.5. The molecule has 1 N–H and O–H groups in total. The molecule has 0 aliphatic carbocycles. The van der Waals surface area contributed by atoms with Gasteiger partial charge in [0, 0.05) is 17.8 Å². The highest BCUT2D eigenvalue weighted by atomic mass is 35.5. The highest BCUT2D eigenvalue weighted by Crippen LogP contribution is 2.23. The van der Waals surface area contributed by atoms with Gasteiger partial charge in [-0.15, -0.1) is 11.3 Å². The maximum atomic E-state index is 12.2. The smallest absolute Gasteiger partial charge is 0.216 e. The predicted molar refractivity (Wildman–Crippen MR) is 98.5 cm³/mol. The minimum Gasteiger partial charge on any atom is -0.255 e. The molecular formula is C17H15ClN2O2S2. The van der Waals surface area contributed by atoms with Gasteiger partial charge in [-0.05, 0) is 46.8 Å². The molecule has 0 bridgehead atoms. The summed E-state index contributed by atoms with van der Waals surface area (Å²) in [4.78, 5) is 5.38. The van der Waals surface area contributed by atoms with Crippen molar-refractivity contribution in [2.24, 2.45) is 0 Å². The Morgan fingerprint density at radius 3 is 2.71 bits per heavy atom. The van der Waals surface area contributed by atoms with Crippen LogP contribution in [0.25, 0.3) is 10.6 Å². The van der Waals surface area contributed by atoms with E-state index in [4.69, 9.17) is 11.6 Å². The van der Waals surface area contributed by atoms with Crippen molar-refractivity contribution in [3.05, 3.63) is 76.3 Å². The number of thiophene rings is 1. The third-order valence-electron chi connectivity index (χ3n) is 3.34. The molecule has 0 radical (unpaired) electrons. The molecule has 24 heavy (non-hydrogen) atoms. The van der Waals surface area contributed by atoms with Gasteiger partial charge in [-0.3, -0.25) is 4.98 Å². The Kier molecular flexibility index (Phi) is 5.30. The van der Waals surface area contributed by atoms with Crippen LogP contribution < -0.4 is 4.72 Å². The van der Waals surface area contributed by atoms with Crippen molar-refractivity contribution in [2.45, 2.75) is 12.3 Å². The summed E-state index contributed by atoms with van der Waals surface area (Å²) in [6.45, 7) is 0.226. The van der Waals surface area contributed by atoms with Crippen LogP contribution in [0.4, 0.5) is 0 Å². The minimum atomic E-state index is -3.44. The zero-order chi connectivity index (χ0) is 17.0. The van der Waals surface area contributed by atoms with Crippen molar-refractivity contribution in [2.75, 3.05) is 0 Å². The van der Waals surface area contributed by atoms with Crippen molar-refractivity contribution < 1.29 is 8.42 Å². The number of pyridine rings is 1. The fraction of sp³-hybridized carbons (Fsp3) is 0.118. The lowest BCUT2D eigenvalue weighted by Crippen LogP contribution is -2.24. The predicted octanol–water partition coefficient (Wildman–Crippen LogP) is 4.08. The number of hydrogen-bond donors (Lipinski definition) is 1. The second-order valence-electron chi connectivity index (χ2n) is 5.24. The van der Waals surface area contributed by atoms with E-state index >= 15 is 0 Å². The first-order valence-electron chi connectivity index (χ1n) is 7.22. The number of hydrogen-bond acceptors (Lipinski definition) is 4. The molecule has 0 aliphatic rings. The molecule has 0 spiro atoms. The van der Waals surface area contributed by atoms with Gasteiger partial charge < -0.3 is 0 Å². The molecule has 0 fully saturated rings. The van der Waals surface area contributed by atoms with Crippen molar-refractivity contribution in [3.63, 3.8) is 0 Å². The van der Waals surface area contributed by atoms with Gasteiger partial charge in [-0.25, -0.2) is 13.1 Å². The summed E-state index contributed by atoms with van der Waals surface area (Å²) in [6, 6.07) is 14.5. The van der Waals surface area contributed by atoms with E-state index in [2.05, 4.69) is 9.71 Å². The van der Waals surface area contributed by atoms with Crippen LogP contribution in [-0.4, -0.2) is 13.4 Å². The first kappa shape index (κ1) is 17.1. The van der Waals surface area contributed by atoms with Gasteiger partial charge in [0.05, 0.1) is 16.3 Å². The zero-order valence-electron chi connectivity index (χ0n) is 12.6. The van der Waals surface area contributed by atoms with Gasteiger partial charge in [0.2, 0.25) is 10.0 Å². The van der Waals surface area contributed by atoms with Crippen molar-refractivity contribution in [3.8, 4) is 10.6 Å². The zero-order valence-corrected chi connectivity index (χ0v) is 15.0. The summed E-state index contributed by atoms with van der Waals surface area (Å²) in [5.41, 5.74) is 2.36. The molecule has 124 valence electrons. The molecule has 2 aromatic heterocycles. The van der Waals surface area contributed by atoms with Crippen molar-refractivity contribution in [1.29, 1.82) is 0 Å². The fourth-order valence-electron chi connectivity index (χ4n) is 2.23. The summed E-state index contributed by atoms with van der Waals surface area (Å²) < 4.78 is 27.1. The van der Waals surface area contributed by atoms with E-state index in [1.807, 2.05) is 23.6 Å². The van der Waals surface area contributed by atoms with Gasteiger partial charge in [-0.1, -0.05) is 29.8 Å². The quantitative estimate of drug-likeness (QED) is 0.703. The van der Waals surface area contributed by atoms with Crippen molar-refractivity contribution in [1.82, 2.24) is 9.71 Å². The van der Waals surface area contributed by atoms with Crippen LogP contribution in [0.3, 0.4) is 0 Å². The number of benzene rings is 1. The van der Waals surface area contributed by atoms with Gasteiger partial charge >= 0.3 is 0 Å². The summed E-state index contributed by atoms with van der Waals surface area (Å²) in [5, 5.41) is 2.51. The number of aromatic nitrogens is 1. The van der Waals surface area contributed by atoms with E-state index in [1.165, 1.54) is 0 Å². The largest absolute Gasteiger partial charge is 0.255 e. The van der Waals surface area contributed by atoms with Crippen LogP contribution in [0, 0.1) is 0 Å². The topological polar surface area (TPSA) is 59.1 Å². The van der Waals surface area contributed by atoms with E-state index in [0.717, 1.165) is 16.1 Å². The second kappa shape index (κ2) is 7.44. The SMILES string of the molecule is O=S(=O)(Cc1cccc(Cl)c1)NCc1ccnc(-c2cccs2)c1. The Bertz CT molecular complexity index is 925. The molecule has 0 unspecified atom stereocenters. The lowest BCUT2D eigenvalue weighted by molar-refractivity contribution is 0.580. The Hall–Kier alpha value is -1.73. The molecule has 0 amide bonds. The third kappa shape index (κ3) is 4.64. The third-order valence-corrected chi connectivity index (χ3v) is 5.76. The van der Waals surface area contributed by atoms with E-state index < -0.39 is 10.0 Å². The van der Waals surface area contributed by atoms with Gasteiger partial charge in [-0.2, -0.15) is 0 Å². The lowest BCUT2D eigenvalue weighted by atomic mass is 10.2. The molecule has 4 nitrogen and oxygen atoms in total. The molecule has 0 saturated heterocycles. The Labute approximate surface area is 150 Å². The molecule has 7 heteroatoms. The van der Waals surface area contributed by atoms with Crippen LogP contribution in [0.1, 0.15) is 11.1 Å². The number of nitrogens with zero attached hydrogens (tertiary/aromatic N) is 1. The highest BCUT2D eigenvalue weighted by Gasteiger charge is 2.12. The maximum Gasteiger partial charge on any atom is 0.216 e. The normalized spacial score (nSPS) is 11.5. The number of sulfonamides is 1. The molecule has 0 saturated carbocycles. The van der Waals surface area contributed by atoms with Gasteiger partial charge in [0.25, 0.3) is 0 Å². The van der Waals surface area contributed by atoms with Crippen LogP contribution >= 0.6 is 22.9 Å². The average Bonchev–Trinajstić information content (AvgIpc) is 3.07.